The van der Waals surface area contributed by atoms with Crippen LogP contribution in [0.25, 0.3) is 39.1 Å². The lowest BCUT2D eigenvalue weighted by Crippen LogP contribution is -2.20. The van der Waals surface area contributed by atoms with Gasteiger partial charge in [-0.2, -0.15) is 9.78 Å². The van der Waals surface area contributed by atoms with Gasteiger partial charge in [-0.25, -0.2) is 4.98 Å². The summed E-state index contributed by atoms with van der Waals surface area (Å²) >= 11 is 0. The van der Waals surface area contributed by atoms with Gasteiger partial charge < -0.3 is 18.5 Å². The van der Waals surface area contributed by atoms with Gasteiger partial charge >= 0.3 is 0 Å². The molecule has 0 radical (unpaired) electrons. The van der Waals surface area contributed by atoms with Crippen LogP contribution in [0, 0.1) is 13.8 Å². The molecule has 3 aromatic carbocycles. The summed E-state index contributed by atoms with van der Waals surface area (Å²) in [4.78, 5) is 18.3. The van der Waals surface area contributed by atoms with E-state index in [1.165, 1.54) is 4.68 Å². The summed E-state index contributed by atoms with van der Waals surface area (Å²) in [7, 11) is 0. The Labute approximate surface area is 217 Å². The predicted molar refractivity (Wildman–Crippen MR) is 146 cm³/mol. The van der Waals surface area contributed by atoms with Crippen molar-refractivity contribution >= 4 is 28.1 Å². The summed E-state index contributed by atoms with van der Waals surface area (Å²) in [5, 5.41) is 6.04. The molecule has 0 atom stereocenters. The molecule has 8 heteroatoms. The van der Waals surface area contributed by atoms with E-state index < -0.39 is 0 Å². The van der Waals surface area contributed by atoms with Gasteiger partial charge in [0.05, 0.1) is 17.1 Å². The van der Waals surface area contributed by atoms with Gasteiger partial charge in [-0.1, -0.05) is 30.3 Å². The lowest BCUT2D eigenvalue weighted by Gasteiger charge is -2.10. The van der Waals surface area contributed by atoms with Crippen LogP contribution < -0.4 is 15.0 Å². The Kier molecular flexibility index (Phi) is 4.94. The Hall–Kier alpha value is -5.11. The second-order valence-electron chi connectivity index (χ2n) is 9.16. The van der Waals surface area contributed by atoms with Crippen LogP contribution in [0.15, 0.2) is 93.2 Å². The smallest absolute Gasteiger partial charge is 0.282 e. The van der Waals surface area contributed by atoms with Crippen molar-refractivity contribution in [3.8, 4) is 28.8 Å². The summed E-state index contributed by atoms with van der Waals surface area (Å²) in [5.74, 6) is 2.26. The van der Waals surface area contributed by atoms with Gasteiger partial charge in [0.15, 0.2) is 17.3 Å². The van der Waals surface area contributed by atoms with E-state index in [2.05, 4.69) is 9.67 Å². The van der Waals surface area contributed by atoms with Gasteiger partial charge in [0.2, 0.25) is 12.6 Å². The Morgan fingerprint density at radius 1 is 0.921 bits per heavy atom. The minimum atomic E-state index is -0.271. The van der Waals surface area contributed by atoms with Crippen molar-refractivity contribution in [2.45, 2.75) is 13.8 Å². The van der Waals surface area contributed by atoms with Gasteiger partial charge in [0.25, 0.3) is 5.56 Å². The van der Waals surface area contributed by atoms with E-state index in [-0.39, 0.29) is 12.4 Å². The maximum atomic E-state index is 13.6. The molecule has 186 valence electrons. The highest BCUT2D eigenvalue weighted by Crippen LogP contribution is 2.35. The molecule has 1 aliphatic rings. The molecule has 3 aromatic heterocycles. The molecule has 0 N–H and O–H groups in total. The quantitative estimate of drug-likeness (QED) is 0.283. The van der Waals surface area contributed by atoms with Crippen LogP contribution in [0.5, 0.6) is 11.5 Å². The molecule has 0 saturated carbocycles. The van der Waals surface area contributed by atoms with E-state index in [9.17, 15) is 4.79 Å². The molecule has 8 nitrogen and oxygen atoms in total. The minimum Gasteiger partial charge on any atom is -0.454 e. The Morgan fingerprint density at radius 2 is 1.74 bits per heavy atom. The first kappa shape index (κ1) is 22.1. The normalized spacial score (nSPS) is 12.8. The van der Waals surface area contributed by atoms with E-state index in [0.717, 1.165) is 39.5 Å². The van der Waals surface area contributed by atoms with Crippen molar-refractivity contribution < 1.29 is 13.9 Å². The largest absolute Gasteiger partial charge is 0.454 e. The Bertz CT molecular complexity index is 1930. The van der Waals surface area contributed by atoms with E-state index in [4.69, 9.17) is 18.9 Å². The highest BCUT2D eigenvalue weighted by atomic mass is 16.7. The number of hydrogen-bond donors (Lipinski definition) is 0. The molecule has 0 bridgehead atoms. The zero-order valence-corrected chi connectivity index (χ0v) is 20.7. The number of aryl methyl sites for hydroxylation is 1. The molecular formula is C30H22N4O4. The van der Waals surface area contributed by atoms with Crippen molar-refractivity contribution in [3.05, 3.63) is 106 Å². The Morgan fingerprint density at radius 3 is 2.63 bits per heavy atom. The van der Waals surface area contributed by atoms with Gasteiger partial charge in [-0.15, -0.1) is 0 Å². The van der Waals surface area contributed by atoms with Crippen LogP contribution in [-0.2, 0) is 0 Å². The Balaban J connectivity index is 1.36. The SMILES string of the molecule is Cc1cc(C=Nn2c(-c3cc4ccccc4o3)nc3ccccc3c2=O)c(C)n1-c1ccc2c(c1)OCO2. The number of para-hydroxylation sites is 2. The number of furan rings is 1. The van der Waals surface area contributed by atoms with Gasteiger partial charge in [-0.05, 0) is 56.3 Å². The third-order valence-corrected chi connectivity index (χ3v) is 6.80. The number of hydrogen-bond acceptors (Lipinski definition) is 6. The molecule has 6 aromatic rings. The summed E-state index contributed by atoms with van der Waals surface area (Å²) in [6.45, 7) is 4.27. The molecule has 0 saturated heterocycles. The molecule has 4 heterocycles. The molecule has 0 unspecified atom stereocenters. The lowest BCUT2D eigenvalue weighted by atomic mass is 10.2. The first-order valence-corrected chi connectivity index (χ1v) is 12.2. The zero-order chi connectivity index (χ0) is 25.8. The second-order valence-corrected chi connectivity index (χ2v) is 9.16. The minimum absolute atomic E-state index is 0.225. The average molecular weight is 503 g/mol. The molecule has 0 fully saturated rings. The van der Waals surface area contributed by atoms with E-state index in [1.54, 1.807) is 12.3 Å². The highest BCUT2D eigenvalue weighted by molar-refractivity contribution is 5.85. The fourth-order valence-electron chi connectivity index (χ4n) is 4.94. The maximum Gasteiger partial charge on any atom is 0.282 e. The summed E-state index contributed by atoms with van der Waals surface area (Å²) in [6, 6.07) is 24.7. The maximum absolute atomic E-state index is 13.6. The standard InChI is InChI=1S/C30H22N4O4/c1-18-13-21(19(2)33(18)22-11-12-26-27(15-22)37-17-36-26)16-31-34-29(28-14-20-7-3-6-10-25(20)38-28)32-24-9-5-4-8-23(24)30(34)35/h3-16H,17H2,1-2H3. The first-order valence-electron chi connectivity index (χ1n) is 12.2. The average Bonchev–Trinajstić information content (AvgIpc) is 3.64. The monoisotopic (exact) mass is 502 g/mol. The van der Waals surface area contributed by atoms with Crippen LogP contribution in [0.4, 0.5) is 0 Å². The first-order chi connectivity index (χ1) is 18.6. The zero-order valence-electron chi connectivity index (χ0n) is 20.7. The fraction of sp³-hybridized carbons (Fsp3) is 0.100. The van der Waals surface area contributed by atoms with Crippen molar-refractivity contribution in [2.75, 3.05) is 6.79 Å². The molecular weight excluding hydrogens is 480 g/mol. The van der Waals surface area contributed by atoms with Gasteiger partial charge in [0.1, 0.15) is 5.58 Å². The number of benzene rings is 3. The van der Waals surface area contributed by atoms with Crippen molar-refractivity contribution in [1.29, 1.82) is 0 Å². The van der Waals surface area contributed by atoms with Crippen molar-refractivity contribution in [2.24, 2.45) is 5.10 Å². The summed E-state index contributed by atoms with van der Waals surface area (Å²) < 4.78 is 20.5. The van der Waals surface area contributed by atoms with Crippen LogP contribution in [0.2, 0.25) is 0 Å². The number of nitrogens with zero attached hydrogens (tertiary/aromatic N) is 4. The second kappa shape index (κ2) is 8.48. The van der Waals surface area contributed by atoms with E-state index in [1.807, 2.05) is 86.6 Å². The van der Waals surface area contributed by atoms with Crippen LogP contribution >= 0.6 is 0 Å². The van der Waals surface area contributed by atoms with Crippen LogP contribution in [0.1, 0.15) is 17.0 Å². The number of ether oxygens (including phenoxy) is 2. The third-order valence-electron chi connectivity index (χ3n) is 6.80. The van der Waals surface area contributed by atoms with Crippen LogP contribution in [0.3, 0.4) is 0 Å². The van der Waals surface area contributed by atoms with Crippen LogP contribution in [-0.4, -0.2) is 27.2 Å². The van der Waals surface area contributed by atoms with E-state index >= 15 is 0 Å². The van der Waals surface area contributed by atoms with Gasteiger partial charge in [-0.3, -0.25) is 4.79 Å². The van der Waals surface area contributed by atoms with Gasteiger partial charge in [0, 0.05) is 34.1 Å². The molecule has 7 rings (SSSR count). The summed E-state index contributed by atoms with van der Waals surface area (Å²) in [5.41, 5.74) is 4.84. The third kappa shape index (κ3) is 3.49. The summed E-state index contributed by atoms with van der Waals surface area (Å²) in [6.07, 6.45) is 1.69. The predicted octanol–water partition coefficient (Wildman–Crippen LogP) is 5.83. The van der Waals surface area contributed by atoms with Crippen molar-refractivity contribution in [3.63, 3.8) is 0 Å². The molecule has 1 aliphatic heterocycles. The number of fused-ring (bicyclic) bond motifs is 3. The fourth-order valence-corrected chi connectivity index (χ4v) is 4.94. The highest BCUT2D eigenvalue weighted by Gasteiger charge is 2.18. The van der Waals surface area contributed by atoms with E-state index in [0.29, 0.717) is 28.1 Å². The number of aromatic nitrogens is 3. The molecule has 0 spiro atoms. The topological polar surface area (TPSA) is 83.8 Å². The molecule has 38 heavy (non-hydrogen) atoms. The lowest BCUT2D eigenvalue weighted by molar-refractivity contribution is 0.174. The number of rotatable bonds is 4. The molecule has 0 amide bonds. The van der Waals surface area contributed by atoms with Crippen molar-refractivity contribution in [1.82, 2.24) is 14.2 Å². The molecule has 0 aliphatic carbocycles.